The Bertz CT molecular complexity index is 685. The summed E-state index contributed by atoms with van der Waals surface area (Å²) in [5.41, 5.74) is 2.53. The van der Waals surface area contributed by atoms with E-state index in [2.05, 4.69) is 9.97 Å². The van der Waals surface area contributed by atoms with Crippen LogP contribution in [0.2, 0.25) is 5.02 Å². The first-order chi connectivity index (χ1) is 8.93. The van der Waals surface area contributed by atoms with Crippen molar-refractivity contribution in [1.82, 2.24) is 14.3 Å². The van der Waals surface area contributed by atoms with Gasteiger partial charge >= 0.3 is 0 Å². The Labute approximate surface area is 120 Å². The number of nitrogens with zero attached hydrogens (tertiary/aromatic N) is 3. The van der Waals surface area contributed by atoms with Crippen LogP contribution < -0.4 is 0 Å². The normalized spacial score (nSPS) is 12.0. The van der Waals surface area contributed by atoms with E-state index in [1.807, 2.05) is 6.92 Å². The van der Waals surface area contributed by atoms with Gasteiger partial charge in [0.1, 0.15) is 4.90 Å². The highest BCUT2D eigenvalue weighted by Crippen LogP contribution is 2.24. The maximum absolute atomic E-state index is 12.4. The molecule has 0 aliphatic carbocycles. The van der Waals surface area contributed by atoms with Crippen molar-refractivity contribution >= 4 is 33.0 Å². The third-order valence-corrected chi connectivity index (χ3v) is 5.83. The predicted molar refractivity (Wildman–Crippen MR) is 74.8 cm³/mol. The van der Waals surface area contributed by atoms with Crippen LogP contribution in [0.25, 0.3) is 0 Å². The second-order valence-electron chi connectivity index (χ2n) is 3.93. The molecule has 2 rings (SSSR count). The highest BCUT2D eigenvalue weighted by atomic mass is 35.5. The number of aromatic nitrogens is 2. The summed E-state index contributed by atoms with van der Waals surface area (Å²) in [5.74, 6) is 0. The minimum Gasteiger partial charge on any atom is -0.263 e. The van der Waals surface area contributed by atoms with Crippen molar-refractivity contribution in [3.8, 4) is 0 Å². The van der Waals surface area contributed by atoms with E-state index in [1.54, 1.807) is 5.51 Å². The molecule has 0 radical (unpaired) electrons. The highest BCUT2D eigenvalue weighted by molar-refractivity contribution is 7.89. The molecule has 0 fully saturated rings. The zero-order valence-electron chi connectivity index (χ0n) is 10.4. The van der Waals surface area contributed by atoms with Crippen molar-refractivity contribution in [3.05, 3.63) is 39.6 Å². The van der Waals surface area contributed by atoms with Gasteiger partial charge in [-0.2, -0.15) is 4.31 Å². The number of thiazole rings is 1. The molecule has 2 aromatic rings. The number of pyridine rings is 1. The minimum atomic E-state index is -3.64. The van der Waals surface area contributed by atoms with E-state index in [4.69, 9.17) is 11.6 Å². The quantitative estimate of drug-likeness (QED) is 0.868. The maximum atomic E-state index is 12.4. The lowest BCUT2D eigenvalue weighted by Crippen LogP contribution is -2.26. The third kappa shape index (κ3) is 2.94. The van der Waals surface area contributed by atoms with Crippen molar-refractivity contribution in [2.24, 2.45) is 0 Å². The molecule has 102 valence electrons. The van der Waals surface area contributed by atoms with Crippen LogP contribution >= 0.6 is 22.9 Å². The van der Waals surface area contributed by atoms with E-state index in [9.17, 15) is 8.42 Å². The first-order valence-electron chi connectivity index (χ1n) is 5.37. The van der Waals surface area contributed by atoms with Gasteiger partial charge in [-0.25, -0.2) is 13.4 Å². The van der Waals surface area contributed by atoms with Gasteiger partial charge in [0.25, 0.3) is 0 Å². The van der Waals surface area contributed by atoms with Gasteiger partial charge < -0.3 is 0 Å². The van der Waals surface area contributed by atoms with Gasteiger partial charge in [0.2, 0.25) is 10.0 Å². The predicted octanol–water partition coefficient (Wildman–Crippen LogP) is 2.32. The molecular weight excluding hydrogens is 306 g/mol. The minimum absolute atomic E-state index is 0.0151. The molecule has 19 heavy (non-hydrogen) atoms. The Morgan fingerprint density at radius 1 is 1.47 bits per heavy atom. The van der Waals surface area contributed by atoms with Crippen LogP contribution in [0.3, 0.4) is 0 Å². The number of hydrogen-bond donors (Lipinski definition) is 0. The van der Waals surface area contributed by atoms with Crippen molar-refractivity contribution < 1.29 is 8.42 Å². The molecule has 0 saturated heterocycles. The molecule has 0 aliphatic heterocycles. The Kier molecular flexibility index (Phi) is 4.19. The van der Waals surface area contributed by atoms with Crippen LogP contribution in [0.15, 0.2) is 28.9 Å². The van der Waals surface area contributed by atoms with Crippen LogP contribution in [-0.2, 0) is 16.6 Å². The topological polar surface area (TPSA) is 63.2 Å². The molecule has 0 spiro atoms. The molecule has 0 atom stereocenters. The smallest absolute Gasteiger partial charge is 0.246 e. The highest BCUT2D eigenvalue weighted by Gasteiger charge is 2.24. The summed E-state index contributed by atoms with van der Waals surface area (Å²) < 4.78 is 26.0. The van der Waals surface area contributed by atoms with E-state index in [0.29, 0.717) is 0 Å². The fourth-order valence-corrected chi connectivity index (χ4v) is 3.94. The molecule has 0 saturated carbocycles. The van der Waals surface area contributed by atoms with Crippen molar-refractivity contribution in [3.63, 3.8) is 0 Å². The standard InChI is InChI=1S/C11H12ClN3O2S2/c1-8-10(18-7-14-8)6-15(2)19(16,17)11-5-13-4-3-9(11)12/h3-5,7H,6H2,1-2H3. The fourth-order valence-electron chi connectivity index (χ4n) is 1.49. The van der Waals surface area contributed by atoms with Crippen LogP contribution in [0.4, 0.5) is 0 Å². The van der Waals surface area contributed by atoms with Gasteiger partial charge in [0.15, 0.2) is 0 Å². The molecule has 2 aromatic heterocycles. The Morgan fingerprint density at radius 2 is 2.21 bits per heavy atom. The van der Waals surface area contributed by atoms with Gasteiger partial charge in [0, 0.05) is 30.9 Å². The molecule has 5 nitrogen and oxygen atoms in total. The molecule has 0 unspecified atom stereocenters. The van der Waals surface area contributed by atoms with E-state index in [-0.39, 0.29) is 16.5 Å². The van der Waals surface area contributed by atoms with Crippen LogP contribution in [0.1, 0.15) is 10.6 Å². The van der Waals surface area contributed by atoms with E-state index in [1.165, 1.54) is 41.1 Å². The fraction of sp³-hybridized carbons (Fsp3) is 0.273. The molecule has 0 aliphatic rings. The van der Waals surface area contributed by atoms with Crippen LogP contribution in [-0.4, -0.2) is 29.7 Å². The second-order valence-corrected chi connectivity index (χ2v) is 7.29. The van der Waals surface area contributed by atoms with E-state index < -0.39 is 10.0 Å². The van der Waals surface area contributed by atoms with Crippen molar-refractivity contribution in [2.45, 2.75) is 18.4 Å². The monoisotopic (exact) mass is 317 g/mol. The van der Waals surface area contributed by atoms with Crippen molar-refractivity contribution in [2.75, 3.05) is 7.05 Å². The summed E-state index contributed by atoms with van der Waals surface area (Å²) >= 11 is 7.34. The van der Waals surface area contributed by atoms with E-state index >= 15 is 0 Å². The zero-order chi connectivity index (χ0) is 14.0. The Hall–Kier alpha value is -1.02. The first kappa shape index (κ1) is 14.4. The lowest BCUT2D eigenvalue weighted by atomic mass is 10.4. The Balaban J connectivity index is 2.30. The average molecular weight is 318 g/mol. The lowest BCUT2D eigenvalue weighted by Gasteiger charge is -2.17. The van der Waals surface area contributed by atoms with Crippen molar-refractivity contribution in [1.29, 1.82) is 0 Å². The number of hydrogen-bond acceptors (Lipinski definition) is 5. The van der Waals surface area contributed by atoms with Gasteiger partial charge in [0.05, 0.1) is 16.2 Å². The molecule has 0 N–H and O–H groups in total. The van der Waals surface area contributed by atoms with E-state index in [0.717, 1.165) is 10.6 Å². The number of sulfonamides is 1. The summed E-state index contributed by atoms with van der Waals surface area (Å²) in [4.78, 5) is 8.83. The second kappa shape index (κ2) is 5.54. The number of halogens is 1. The molecule has 0 aromatic carbocycles. The first-order valence-corrected chi connectivity index (χ1v) is 8.07. The Morgan fingerprint density at radius 3 is 2.79 bits per heavy atom. The summed E-state index contributed by atoms with van der Waals surface area (Å²) in [5, 5.41) is 0.169. The summed E-state index contributed by atoms with van der Waals surface area (Å²) in [6.45, 7) is 2.12. The van der Waals surface area contributed by atoms with Gasteiger partial charge in [-0.1, -0.05) is 11.6 Å². The maximum Gasteiger partial charge on any atom is 0.246 e. The summed E-state index contributed by atoms with van der Waals surface area (Å²) in [7, 11) is -2.13. The largest absolute Gasteiger partial charge is 0.263 e. The number of aryl methyl sites for hydroxylation is 1. The molecule has 8 heteroatoms. The summed E-state index contributed by atoms with van der Waals surface area (Å²) in [6, 6.07) is 1.46. The van der Waals surface area contributed by atoms with Gasteiger partial charge in [-0.3, -0.25) is 4.98 Å². The van der Waals surface area contributed by atoms with Gasteiger partial charge in [-0.05, 0) is 13.0 Å². The van der Waals surface area contributed by atoms with Crippen LogP contribution in [0.5, 0.6) is 0 Å². The molecule has 0 bridgehead atoms. The zero-order valence-corrected chi connectivity index (χ0v) is 12.8. The van der Waals surface area contributed by atoms with Gasteiger partial charge in [-0.15, -0.1) is 11.3 Å². The molecular formula is C11H12ClN3O2S2. The molecule has 0 amide bonds. The third-order valence-electron chi connectivity index (χ3n) is 2.63. The van der Waals surface area contributed by atoms with Crippen LogP contribution in [0, 0.1) is 6.92 Å². The SMILES string of the molecule is Cc1ncsc1CN(C)S(=O)(=O)c1cnccc1Cl. The number of rotatable bonds is 4. The average Bonchev–Trinajstić information content (AvgIpc) is 2.75. The summed E-state index contributed by atoms with van der Waals surface area (Å²) in [6.07, 6.45) is 2.71. The lowest BCUT2D eigenvalue weighted by molar-refractivity contribution is 0.468. The molecule has 2 heterocycles.